The van der Waals surface area contributed by atoms with Gasteiger partial charge in [-0.05, 0) is 49.9 Å². The summed E-state index contributed by atoms with van der Waals surface area (Å²) in [7, 11) is 0. The summed E-state index contributed by atoms with van der Waals surface area (Å²) in [5, 5.41) is 7.46. The standard InChI is InChI=1S/C15H23N3/c1-3-14-5-4-8-18(14)10-13-7-6-12(15(16)17)9-11(13)2/h6-7,9,14H,3-5,8,10H2,1-2H3,(H3,16,17). The fourth-order valence-electron chi connectivity index (χ4n) is 2.83. The van der Waals surface area contributed by atoms with Crippen LogP contribution in [-0.2, 0) is 6.54 Å². The number of nitrogen functional groups attached to an aromatic ring is 1. The lowest BCUT2D eigenvalue weighted by Crippen LogP contribution is -2.28. The molecule has 3 N–H and O–H groups in total. The molecule has 3 nitrogen and oxygen atoms in total. The van der Waals surface area contributed by atoms with Gasteiger partial charge in [0.25, 0.3) is 0 Å². The summed E-state index contributed by atoms with van der Waals surface area (Å²) in [6.45, 7) is 6.63. The molecule has 3 heteroatoms. The van der Waals surface area contributed by atoms with Gasteiger partial charge in [-0.25, -0.2) is 0 Å². The number of hydrogen-bond acceptors (Lipinski definition) is 2. The van der Waals surface area contributed by atoms with Crippen molar-refractivity contribution in [2.45, 2.75) is 45.7 Å². The second-order valence-electron chi connectivity index (χ2n) is 5.23. The summed E-state index contributed by atoms with van der Waals surface area (Å²) in [5.41, 5.74) is 8.94. The van der Waals surface area contributed by atoms with E-state index in [1.54, 1.807) is 0 Å². The molecular weight excluding hydrogens is 222 g/mol. The Labute approximate surface area is 109 Å². The van der Waals surface area contributed by atoms with Crippen LogP contribution in [-0.4, -0.2) is 23.3 Å². The number of aryl methyl sites for hydroxylation is 1. The highest BCUT2D eigenvalue weighted by Crippen LogP contribution is 2.23. The van der Waals surface area contributed by atoms with Crippen molar-refractivity contribution in [1.29, 1.82) is 5.41 Å². The van der Waals surface area contributed by atoms with Gasteiger partial charge in [0, 0.05) is 18.2 Å². The van der Waals surface area contributed by atoms with E-state index in [0.29, 0.717) is 0 Å². The zero-order valence-electron chi connectivity index (χ0n) is 11.4. The summed E-state index contributed by atoms with van der Waals surface area (Å²) in [4.78, 5) is 2.58. The normalized spacial score (nSPS) is 20.2. The molecule has 0 bridgehead atoms. The highest BCUT2D eigenvalue weighted by molar-refractivity contribution is 5.95. The zero-order chi connectivity index (χ0) is 13.1. The minimum Gasteiger partial charge on any atom is -0.384 e. The highest BCUT2D eigenvalue weighted by atomic mass is 15.2. The Morgan fingerprint density at radius 3 is 2.89 bits per heavy atom. The van der Waals surface area contributed by atoms with Gasteiger partial charge in [0.1, 0.15) is 5.84 Å². The van der Waals surface area contributed by atoms with Crippen LogP contribution >= 0.6 is 0 Å². The minimum atomic E-state index is 0.150. The molecule has 0 amide bonds. The molecule has 18 heavy (non-hydrogen) atoms. The Balaban J connectivity index is 2.12. The lowest BCUT2D eigenvalue weighted by molar-refractivity contribution is 0.239. The summed E-state index contributed by atoms with van der Waals surface area (Å²) < 4.78 is 0. The smallest absolute Gasteiger partial charge is 0.122 e. The fraction of sp³-hybridized carbons (Fsp3) is 0.533. The SMILES string of the molecule is CCC1CCCN1Cc1ccc(C(=N)N)cc1C. The molecule has 1 aromatic carbocycles. The number of nitrogens with zero attached hydrogens (tertiary/aromatic N) is 1. The molecule has 1 aliphatic rings. The predicted molar refractivity (Wildman–Crippen MR) is 75.9 cm³/mol. The maximum Gasteiger partial charge on any atom is 0.122 e. The van der Waals surface area contributed by atoms with Crippen molar-refractivity contribution < 1.29 is 0 Å². The molecule has 1 unspecified atom stereocenters. The number of nitrogens with one attached hydrogen (secondary N) is 1. The molecule has 1 atom stereocenters. The summed E-state index contributed by atoms with van der Waals surface area (Å²) in [6.07, 6.45) is 3.90. The average molecular weight is 245 g/mol. The number of nitrogens with two attached hydrogens (primary N) is 1. The number of hydrogen-bond donors (Lipinski definition) is 2. The van der Waals surface area contributed by atoms with E-state index >= 15 is 0 Å². The van der Waals surface area contributed by atoms with E-state index in [9.17, 15) is 0 Å². The van der Waals surface area contributed by atoms with Gasteiger partial charge in [-0.15, -0.1) is 0 Å². The third-order valence-corrected chi connectivity index (χ3v) is 4.00. The van der Waals surface area contributed by atoms with Gasteiger partial charge in [0.2, 0.25) is 0 Å². The van der Waals surface area contributed by atoms with Crippen molar-refractivity contribution in [3.8, 4) is 0 Å². The number of benzene rings is 1. The Morgan fingerprint density at radius 1 is 1.50 bits per heavy atom. The molecule has 98 valence electrons. The fourth-order valence-corrected chi connectivity index (χ4v) is 2.83. The molecule has 1 aliphatic heterocycles. The second kappa shape index (κ2) is 5.53. The van der Waals surface area contributed by atoms with Gasteiger partial charge in [-0.2, -0.15) is 0 Å². The molecule has 0 aliphatic carbocycles. The van der Waals surface area contributed by atoms with Crippen LogP contribution in [0.1, 0.15) is 42.9 Å². The molecule has 1 heterocycles. The molecule has 0 aromatic heterocycles. The highest BCUT2D eigenvalue weighted by Gasteiger charge is 2.22. The summed E-state index contributed by atoms with van der Waals surface area (Å²) in [6, 6.07) is 6.85. The lowest BCUT2D eigenvalue weighted by atomic mass is 10.0. The van der Waals surface area contributed by atoms with Crippen LogP contribution in [0.2, 0.25) is 0 Å². The first kappa shape index (κ1) is 13.1. The van der Waals surface area contributed by atoms with Crippen LogP contribution < -0.4 is 5.73 Å². The van der Waals surface area contributed by atoms with Crippen molar-refractivity contribution in [1.82, 2.24) is 4.90 Å². The van der Waals surface area contributed by atoms with E-state index in [1.807, 2.05) is 12.1 Å². The lowest BCUT2D eigenvalue weighted by Gasteiger charge is -2.24. The monoisotopic (exact) mass is 245 g/mol. The van der Waals surface area contributed by atoms with Crippen LogP contribution in [0.3, 0.4) is 0 Å². The average Bonchev–Trinajstić information content (AvgIpc) is 2.78. The van der Waals surface area contributed by atoms with E-state index in [1.165, 1.54) is 36.9 Å². The molecule has 1 fully saturated rings. The molecule has 1 aromatic rings. The van der Waals surface area contributed by atoms with E-state index < -0.39 is 0 Å². The second-order valence-corrected chi connectivity index (χ2v) is 5.23. The quantitative estimate of drug-likeness (QED) is 0.633. The number of amidine groups is 1. The van der Waals surface area contributed by atoms with Crippen molar-refractivity contribution >= 4 is 5.84 Å². The largest absolute Gasteiger partial charge is 0.384 e. The summed E-state index contributed by atoms with van der Waals surface area (Å²) in [5.74, 6) is 0.150. The van der Waals surface area contributed by atoms with Crippen molar-refractivity contribution in [3.05, 3.63) is 34.9 Å². The predicted octanol–water partition coefficient (Wildman–Crippen LogP) is 2.65. The number of rotatable bonds is 4. The Kier molecular flexibility index (Phi) is 4.02. The topological polar surface area (TPSA) is 53.1 Å². The zero-order valence-corrected chi connectivity index (χ0v) is 11.4. The minimum absolute atomic E-state index is 0.150. The first-order chi connectivity index (χ1) is 8.61. The van der Waals surface area contributed by atoms with E-state index in [2.05, 4.69) is 24.8 Å². The Bertz CT molecular complexity index is 439. The van der Waals surface area contributed by atoms with Crippen LogP contribution in [0.25, 0.3) is 0 Å². The van der Waals surface area contributed by atoms with Crippen LogP contribution in [0.15, 0.2) is 18.2 Å². The Morgan fingerprint density at radius 2 is 2.28 bits per heavy atom. The van der Waals surface area contributed by atoms with E-state index in [4.69, 9.17) is 11.1 Å². The van der Waals surface area contributed by atoms with Crippen molar-refractivity contribution in [2.75, 3.05) is 6.54 Å². The van der Waals surface area contributed by atoms with E-state index in [-0.39, 0.29) is 5.84 Å². The number of likely N-dealkylation sites (tertiary alicyclic amines) is 1. The maximum absolute atomic E-state index is 7.46. The van der Waals surface area contributed by atoms with Crippen LogP contribution in [0.4, 0.5) is 0 Å². The maximum atomic E-state index is 7.46. The Hall–Kier alpha value is -1.35. The first-order valence-electron chi connectivity index (χ1n) is 6.79. The van der Waals surface area contributed by atoms with Gasteiger partial charge < -0.3 is 5.73 Å². The van der Waals surface area contributed by atoms with Gasteiger partial charge in [-0.1, -0.05) is 19.1 Å². The third kappa shape index (κ3) is 2.72. The molecule has 1 saturated heterocycles. The first-order valence-corrected chi connectivity index (χ1v) is 6.79. The van der Waals surface area contributed by atoms with Gasteiger partial charge in [0.05, 0.1) is 0 Å². The van der Waals surface area contributed by atoms with E-state index in [0.717, 1.165) is 18.2 Å². The van der Waals surface area contributed by atoms with Gasteiger partial charge >= 0.3 is 0 Å². The van der Waals surface area contributed by atoms with Gasteiger partial charge in [-0.3, -0.25) is 10.3 Å². The van der Waals surface area contributed by atoms with Crippen LogP contribution in [0.5, 0.6) is 0 Å². The molecule has 0 saturated carbocycles. The molecular formula is C15H23N3. The van der Waals surface area contributed by atoms with Crippen molar-refractivity contribution in [2.24, 2.45) is 5.73 Å². The molecule has 2 rings (SSSR count). The third-order valence-electron chi connectivity index (χ3n) is 4.00. The summed E-state index contributed by atoms with van der Waals surface area (Å²) >= 11 is 0. The van der Waals surface area contributed by atoms with Crippen LogP contribution in [0, 0.1) is 12.3 Å². The molecule has 0 spiro atoms. The van der Waals surface area contributed by atoms with Gasteiger partial charge in [0.15, 0.2) is 0 Å². The molecule has 0 radical (unpaired) electrons. The van der Waals surface area contributed by atoms with Crippen molar-refractivity contribution in [3.63, 3.8) is 0 Å².